The standard InChI is InChI=1S/C26H22Cl2N4OS/c1-33-22-3-2-4-23(14-22)34-32-26(29)31-16-17-13-24(18-5-9-20(27)10-6-18)25(30-15-17)19-7-11-21(28)12-8-19/h2-15H,16H2,1H3,(H3,29,31,32). The predicted molar refractivity (Wildman–Crippen MR) is 142 cm³/mol. The van der Waals surface area contributed by atoms with Crippen molar-refractivity contribution in [1.82, 2.24) is 9.71 Å². The number of benzene rings is 3. The minimum atomic E-state index is 0.322. The number of rotatable bonds is 7. The highest BCUT2D eigenvalue weighted by molar-refractivity contribution is 7.98. The maximum atomic E-state index is 6.10. The zero-order valence-electron chi connectivity index (χ0n) is 18.3. The smallest absolute Gasteiger partial charge is 0.199 e. The van der Waals surface area contributed by atoms with E-state index in [9.17, 15) is 0 Å². The van der Waals surface area contributed by atoms with Gasteiger partial charge in [0.15, 0.2) is 5.96 Å². The van der Waals surface area contributed by atoms with Gasteiger partial charge in [-0.1, -0.05) is 53.5 Å². The van der Waals surface area contributed by atoms with E-state index in [-0.39, 0.29) is 0 Å². The molecule has 0 aliphatic heterocycles. The fourth-order valence-electron chi connectivity index (χ4n) is 3.27. The number of hydrogen-bond acceptors (Lipinski definition) is 4. The highest BCUT2D eigenvalue weighted by Crippen LogP contribution is 2.32. The van der Waals surface area contributed by atoms with Crippen LogP contribution in [0.5, 0.6) is 5.75 Å². The third-order valence-electron chi connectivity index (χ3n) is 4.96. The SMILES string of the molecule is COc1cccc(SNC(N)=NCc2cnc(-c3ccc(Cl)cc3)c(-c3ccc(Cl)cc3)c2)c1. The van der Waals surface area contributed by atoms with Crippen molar-refractivity contribution in [1.29, 1.82) is 0 Å². The first-order valence-electron chi connectivity index (χ1n) is 10.4. The highest BCUT2D eigenvalue weighted by atomic mass is 35.5. The van der Waals surface area contributed by atoms with Crippen molar-refractivity contribution in [3.05, 3.63) is 101 Å². The Morgan fingerprint density at radius 3 is 2.32 bits per heavy atom. The largest absolute Gasteiger partial charge is 0.497 e. The molecule has 0 fully saturated rings. The number of aliphatic imine (C=N–C) groups is 1. The lowest BCUT2D eigenvalue weighted by atomic mass is 9.98. The average molecular weight is 509 g/mol. The molecule has 0 unspecified atom stereocenters. The van der Waals surface area contributed by atoms with Crippen LogP contribution in [-0.4, -0.2) is 18.1 Å². The van der Waals surface area contributed by atoms with Crippen molar-refractivity contribution in [2.75, 3.05) is 7.11 Å². The number of halogens is 2. The summed E-state index contributed by atoms with van der Waals surface area (Å²) in [5.74, 6) is 1.10. The average Bonchev–Trinajstić information content (AvgIpc) is 2.87. The van der Waals surface area contributed by atoms with Crippen LogP contribution in [0.1, 0.15) is 5.56 Å². The summed E-state index contributed by atoms with van der Waals surface area (Å²) >= 11 is 13.5. The Hall–Kier alpha value is -3.19. The molecule has 0 bridgehead atoms. The second kappa shape index (κ2) is 11.3. The van der Waals surface area contributed by atoms with Crippen molar-refractivity contribution in [2.24, 2.45) is 10.7 Å². The molecule has 4 rings (SSSR count). The molecule has 0 radical (unpaired) electrons. The molecule has 0 aliphatic rings. The summed E-state index contributed by atoms with van der Waals surface area (Å²) in [6.07, 6.45) is 1.81. The summed E-state index contributed by atoms with van der Waals surface area (Å²) in [6.45, 7) is 0.381. The topological polar surface area (TPSA) is 72.5 Å². The minimum absolute atomic E-state index is 0.322. The van der Waals surface area contributed by atoms with E-state index < -0.39 is 0 Å². The Morgan fingerprint density at radius 1 is 0.971 bits per heavy atom. The van der Waals surface area contributed by atoms with Gasteiger partial charge in [0.05, 0.1) is 19.3 Å². The van der Waals surface area contributed by atoms with Crippen molar-refractivity contribution < 1.29 is 4.74 Å². The van der Waals surface area contributed by atoms with Gasteiger partial charge >= 0.3 is 0 Å². The molecule has 0 spiro atoms. The van der Waals surface area contributed by atoms with Gasteiger partial charge in [-0.3, -0.25) is 9.71 Å². The van der Waals surface area contributed by atoms with Gasteiger partial charge in [0.2, 0.25) is 0 Å². The van der Waals surface area contributed by atoms with Gasteiger partial charge < -0.3 is 10.5 Å². The summed E-state index contributed by atoms with van der Waals surface area (Å²) in [5.41, 5.74) is 10.8. The second-order valence-electron chi connectivity index (χ2n) is 7.34. The first-order chi connectivity index (χ1) is 16.5. The number of nitrogens with two attached hydrogens (primary N) is 1. The van der Waals surface area contributed by atoms with Crippen LogP contribution >= 0.6 is 35.1 Å². The van der Waals surface area contributed by atoms with Gasteiger partial charge in [0, 0.05) is 32.3 Å². The summed E-state index contributed by atoms with van der Waals surface area (Å²) in [6, 6.07) is 25.1. The Morgan fingerprint density at radius 2 is 1.65 bits per heavy atom. The van der Waals surface area contributed by atoms with Crippen molar-refractivity contribution >= 4 is 41.1 Å². The van der Waals surface area contributed by atoms with E-state index in [1.165, 1.54) is 11.9 Å². The van der Waals surface area contributed by atoms with E-state index in [1.54, 1.807) is 7.11 Å². The lowest BCUT2D eigenvalue weighted by molar-refractivity contribution is 0.413. The summed E-state index contributed by atoms with van der Waals surface area (Å²) in [7, 11) is 1.64. The van der Waals surface area contributed by atoms with Crippen LogP contribution in [0.2, 0.25) is 10.0 Å². The molecule has 3 N–H and O–H groups in total. The third-order valence-corrected chi connectivity index (χ3v) is 6.27. The number of ether oxygens (including phenoxy) is 1. The molecular formula is C26H22Cl2N4OS. The number of hydrogen-bond donors (Lipinski definition) is 2. The normalized spacial score (nSPS) is 11.3. The molecular weight excluding hydrogens is 487 g/mol. The van der Waals surface area contributed by atoms with Crippen LogP contribution in [-0.2, 0) is 6.54 Å². The molecule has 0 atom stereocenters. The third kappa shape index (κ3) is 6.23. The Kier molecular flexibility index (Phi) is 7.95. The van der Waals surface area contributed by atoms with E-state index in [4.69, 9.17) is 38.7 Å². The van der Waals surface area contributed by atoms with Crippen molar-refractivity contribution in [3.8, 4) is 28.1 Å². The lowest BCUT2D eigenvalue weighted by Gasteiger charge is -2.12. The lowest BCUT2D eigenvalue weighted by Crippen LogP contribution is -2.25. The van der Waals surface area contributed by atoms with Gasteiger partial charge in [-0.05, 0) is 71.6 Å². The Bertz CT molecular complexity index is 1300. The van der Waals surface area contributed by atoms with Gasteiger partial charge in [0.25, 0.3) is 0 Å². The zero-order chi connectivity index (χ0) is 23.9. The minimum Gasteiger partial charge on any atom is -0.497 e. The number of nitrogens with zero attached hydrogens (tertiary/aromatic N) is 2. The number of methoxy groups -OCH3 is 1. The molecule has 4 aromatic rings. The molecule has 0 amide bonds. The molecule has 3 aromatic carbocycles. The quantitative estimate of drug-likeness (QED) is 0.162. The highest BCUT2D eigenvalue weighted by Gasteiger charge is 2.11. The second-order valence-corrected chi connectivity index (χ2v) is 9.09. The molecule has 172 valence electrons. The zero-order valence-corrected chi connectivity index (χ0v) is 20.7. The van der Waals surface area contributed by atoms with Crippen LogP contribution in [0.4, 0.5) is 0 Å². The number of nitrogens with one attached hydrogen (secondary N) is 1. The van der Waals surface area contributed by atoms with Crippen molar-refractivity contribution in [2.45, 2.75) is 11.4 Å². The maximum absolute atomic E-state index is 6.10. The number of pyridine rings is 1. The summed E-state index contributed by atoms with van der Waals surface area (Å²) in [5, 5.41) is 1.36. The molecule has 34 heavy (non-hydrogen) atoms. The molecule has 0 saturated carbocycles. The predicted octanol–water partition coefficient (Wildman–Crippen LogP) is 6.84. The monoisotopic (exact) mass is 508 g/mol. The van der Waals surface area contributed by atoms with E-state index in [1.807, 2.05) is 79.0 Å². The van der Waals surface area contributed by atoms with Crippen LogP contribution in [0.15, 0.2) is 94.9 Å². The maximum Gasteiger partial charge on any atom is 0.199 e. The summed E-state index contributed by atoms with van der Waals surface area (Å²) in [4.78, 5) is 10.2. The fourth-order valence-corrected chi connectivity index (χ4v) is 4.13. The Labute approximate surface area is 213 Å². The Balaban J connectivity index is 1.55. The number of aromatic nitrogens is 1. The van der Waals surface area contributed by atoms with E-state index in [2.05, 4.69) is 15.8 Å². The molecule has 8 heteroatoms. The number of guanidine groups is 1. The van der Waals surface area contributed by atoms with E-state index >= 15 is 0 Å². The fraction of sp³-hybridized carbons (Fsp3) is 0.0769. The van der Waals surface area contributed by atoms with Gasteiger partial charge in [0.1, 0.15) is 5.75 Å². The molecule has 1 aromatic heterocycles. The van der Waals surface area contributed by atoms with Crippen LogP contribution in [0, 0.1) is 0 Å². The van der Waals surface area contributed by atoms with Gasteiger partial charge in [-0.25, -0.2) is 4.99 Å². The van der Waals surface area contributed by atoms with Crippen LogP contribution in [0.3, 0.4) is 0 Å². The first-order valence-corrected chi connectivity index (χ1v) is 12.0. The van der Waals surface area contributed by atoms with E-state index in [0.717, 1.165) is 38.6 Å². The molecule has 1 heterocycles. The van der Waals surface area contributed by atoms with E-state index in [0.29, 0.717) is 22.5 Å². The first kappa shape index (κ1) is 24.0. The summed E-state index contributed by atoms with van der Waals surface area (Å²) < 4.78 is 8.30. The molecule has 0 saturated heterocycles. The molecule has 0 aliphatic carbocycles. The van der Waals surface area contributed by atoms with Crippen LogP contribution in [0.25, 0.3) is 22.4 Å². The van der Waals surface area contributed by atoms with Crippen molar-refractivity contribution in [3.63, 3.8) is 0 Å². The van der Waals surface area contributed by atoms with Crippen LogP contribution < -0.4 is 15.2 Å². The molecule has 5 nitrogen and oxygen atoms in total. The van der Waals surface area contributed by atoms with Gasteiger partial charge in [-0.15, -0.1) is 0 Å². The van der Waals surface area contributed by atoms with Gasteiger partial charge in [-0.2, -0.15) is 0 Å².